The molecule has 18 heavy (non-hydrogen) atoms. The van der Waals surface area contributed by atoms with E-state index in [0.29, 0.717) is 0 Å². The summed E-state index contributed by atoms with van der Waals surface area (Å²) < 4.78 is 28.2. The van der Waals surface area contributed by atoms with E-state index < -0.39 is 15.0 Å². The van der Waals surface area contributed by atoms with Gasteiger partial charge in [-0.3, -0.25) is 10.1 Å². The minimum absolute atomic E-state index is 0.0339. The number of H-pyrrole nitrogens is 1. The van der Waals surface area contributed by atoms with Gasteiger partial charge in [0, 0.05) is 18.2 Å². The monoisotopic (exact) mass is 269 g/mol. The maximum absolute atomic E-state index is 11.7. The molecule has 1 heterocycles. The topological polar surface area (TPSA) is 115 Å². The summed E-state index contributed by atoms with van der Waals surface area (Å²) in [5.41, 5.74) is -0.199. The largest absolute Gasteiger partial charge is 0.359 e. The second-order valence-electron chi connectivity index (χ2n) is 3.21. The summed E-state index contributed by atoms with van der Waals surface area (Å²) in [5.74, 6) is -0.0339. The van der Waals surface area contributed by atoms with Gasteiger partial charge in [0.2, 0.25) is 5.88 Å². The molecule has 0 saturated heterocycles. The second kappa shape index (κ2) is 4.45. The number of nitro groups is 1. The average Bonchev–Trinajstić information content (AvgIpc) is 2.81. The van der Waals surface area contributed by atoms with Crippen molar-refractivity contribution in [2.75, 3.05) is 0 Å². The fourth-order valence-electron chi connectivity index (χ4n) is 1.19. The standard InChI is InChI=1S/C9H7N3O5S/c13-12(14)7-1-3-8(4-2-7)18(15,16)17-9-5-6-10-11-9/h1-6H,(H,10,11). The molecule has 0 atom stereocenters. The predicted octanol–water partition coefficient (Wildman–Crippen LogP) is 1.09. The van der Waals surface area contributed by atoms with Crippen LogP contribution in [0.15, 0.2) is 41.4 Å². The van der Waals surface area contributed by atoms with Gasteiger partial charge in [0.25, 0.3) is 5.69 Å². The molecular formula is C9H7N3O5S. The van der Waals surface area contributed by atoms with E-state index in [1.165, 1.54) is 12.3 Å². The summed E-state index contributed by atoms with van der Waals surface area (Å²) in [7, 11) is -4.02. The van der Waals surface area contributed by atoms with Crippen molar-refractivity contribution in [2.45, 2.75) is 4.90 Å². The van der Waals surface area contributed by atoms with Crippen LogP contribution in [0.3, 0.4) is 0 Å². The molecule has 1 aromatic carbocycles. The first-order valence-corrected chi connectivity index (χ1v) is 6.08. The predicted molar refractivity (Wildman–Crippen MR) is 59.5 cm³/mol. The molecule has 94 valence electrons. The molecule has 0 aliphatic rings. The summed E-state index contributed by atoms with van der Waals surface area (Å²) in [6.45, 7) is 0. The third kappa shape index (κ3) is 2.46. The van der Waals surface area contributed by atoms with Gasteiger partial charge in [-0.25, -0.2) is 5.10 Å². The molecular weight excluding hydrogens is 262 g/mol. The van der Waals surface area contributed by atoms with Gasteiger partial charge < -0.3 is 4.18 Å². The van der Waals surface area contributed by atoms with Crippen LogP contribution < -0.4 is 4.18 Å². The molecule has 2 rings (SSSR count). The van der Waals surface area contributed by atoms with Crippen molar-refractivity contribution in [3.63, 3.8) is 0 Å². The highest BCUT2D eigenvalue weighted by atomic mass is 32.2. The highest BCUT2D eigenvalue weighted by Gasteiger charge is 2.18. The molecule has 2 aromatic rings. The summed E-state index contributed by atoms with van der Waals surface area (Å²) in [4.78, 5) is 9.63. The fourth-order valence-corrected chi connectivity index (χ4v) is 2.09. The summed E-state index contributed by atoms with van der Waals surface area (Å²) in [6.07, 6.45) is 1.33. The first-order chi connectivity index (χ1) is 8.49. The highest BCUT2D eigenvalue weighted by molar-refractivity contribution is 7.87. The van der Waals surface area contributed by atoms with E-state index in [4.69, 9.17) is 4.18 Å². The van der Waals surface area contributed by atoms with Gasteiger partial charge in [-0.05, 0) is 12.1 Å². The normalized spacial score (nSPS) is 11.1. The van der Waals surface area contributed by atoms with Gasteiger partial charge in [0.05, 0.1) is 11.1 Å². The molecule has 9 heteroatoms. The number of hydrogen-bond donors (Lipinski definition) is 1. The van der Waals surface area contributed by atoms with Crippen molar-refractivity contribution >= 4 is 15.8 Å². The minimum Gasteiger partial charge on any atom is -0.359 e. The van der Waals surface area contributed by atoms with Crippen LogP contribution in [0.25, 0.3) is 0 Å². The molecule has 0 aliphatic carbocycles. The molecule has 0 spiro atoms. The number of nitro benzene ring substituents is 1. The van der Waals surface area contributed by atoms with Crippen molar-refractivity contribution in [1.82, 2.24) is 10.2 Å². The average molecular weight is 269 g/mol. The molecule has 0 fully saturated rings. The highest BCUT2D eigenvalue weighted by Crippen LogP contribution is 2.19. The van der Waals surface area contributed by atoms with Crippen LogP contribution in [-0.4, -0.2) is 23.5 Å². The Bertz CT molecular complexity index is 648. The van der Waals surface area contributed by atoms with E-state index in [1.54, 1.807) is 0 Å². The van der Waals surface area contributed by atoms with Crippen molar-refractivity contribution < 1.29 is 17.5 Å². The Morgan fingerprint density at radius 2 is 1.89 bits per heavy atom. The van der Waals surface area contributed by atoms with Gasteiger partial charge in [-0.15, -0.1) is 0 Å². The number of aromatic nitrogens is 2. The zero-order valence-electron chi connectivity index (χ0n) is 8.81. The van der Waals surface area contributed by atoms with Crippen LogP contribution in [-0.2, 0) is 10.1 Å². The Labute approximate surface area is 101 Å². The van der Waals surface area contributed by atoms with Crippen LogP contribution in [0.4, 0.5) is 5.69 Å². The Hall–Kier alpha value is -2.42. The quantitative estimate of drug-likeness (QED) is 0.504. The zero-order valence-corrected chi connectivity index (χ0v) is 9.62. The van der Waals surface area contributed by atoms with Gasteiger partial charge in [0.15, 0.2) is 0 Å². The third-order valence-corrected chi connectivity index (χ3v) is 3.26. The molecule has 0 unspecified atom stereocenters. The summed E-state index contributed by atoms with van der Waals surface area (Å²) in [5, 5.41) is 16.3. The number of nitrogens with one attached hydrogen (secondary N) is 1. The Balaban J connectivity index is 2.27. The van der Waals surface area contributed by atoms with Crippen molar-refractivity contribution in [3.8, 4) is 5.88 Å². The lowest BCUT2D eigenvalue weighted by molar-refractivity contribution is -0.384. The number of benzene rings is 1. The van der Waals surface area contributed by atoms with Gasteiger partial charge >= 0.3 is 10.1 Å². The zero-order chi connectivity index (χ0) is 13.2. The van der Waals surface area contributed by atoms with E-state index in [2.05, 4.69) is 10.2 Å². The molecule has 0 amide bonds. The van der Waals surface area contributed by atoms with Crippen molar-refractivity contribution in [2.24, 2.45) is 0 Å². The molecule has 0 radical (unpaired) electrons. The Morgan fingerprint density at radius 1 is 1.22 bits per heavy atom. The number of non-ortho nitro benzene ring substituents is 1. The fraction of sp³-hybridized carbons (Fsp3) is 0. The second-order valence-corrected chi connectivity index (χ2v) is 4.76. The summed E-state index contributed by atoms with van der Waals surface area (Å²) >= 11 is 0. The van der Waals surface area contributed by atoms with E-state index in [1.807, 2.05) is 0 Å². The van der Waals surface area contributed by atoms with Crippen LogP contribution in [0.2, 0.25) is 0 Å². The molecule has 0 saturated carbocycles. The number of nitrogens with zero attached hydrogens (tertiary/aromatic N) is 2. The molecule has 8 nitrogen and oxygen atoms in total. The summed E-state index contributed by atoms with van der Waals surface area (Å²) in [6, 6.07) is 5.71. The minimum atomic E-state index is -4.02. The lowest BCUT2D eigenvalue weighted by Gasteiger charge is -2.03. The first kappa shape index (κ1) is 12.0. The van der Waals surface area contributed by atoms with Gasteiger partial charge in [-0.2, -0.15) is 13.5 Å². The maximum atomic E-state index is 11.7. The Kier molecular flexibility index (Phi) is 2.98. The number of aromatic amines is 1. The molecule has 1 N–H and O–H groups in total. The number of rotatable bonds is 4. The smallest absolute Gasteiger partial charge is 0.340 e. The van der Waals surface area contributed by atoms with Crippen LogP contribution in [0, 0.1) is 10.1 Å². The lowest BCUT2D eigenvalue weighted by Crippen LogP contribution is -2.09. The first-order valence-electron chi connectivity index (χ1n) is 4.67. The van der Waals surface area contributed by atoms with E-state index in [9.17, 15) is 18.5 Å². The van der Waals surface area contributed by atoms with Gasteiger partial charge in [-0.1, -0.05) is 0 Å². The van der Waals surface area contributed by atoms with Crippen LogP contribution >= 0.6 is 0 Å². The van der Waals surface area contributed by atoms with Crippen molar-refractivity contribution in [1.29, 1.82) is 0 Å². The lowest BCUT2D eigenvalue weighted by atomic mass is 10.3. The third-order valence-electron chi connectivity index (χ3n) is 2.01. The van der Waals surface area contributed by atoms with E-state index in [0.717, 1.165) is 24.3 Å². The van der Waals surface area contributed by atoms with E-state index >= 15 is 0 Å². The molecule has 1 aromatic heterocycles. The van der Waals surface area contributed by atoms with Crippen LogP contribution in [0.5, 0.6) is 5.88 Å². The Morgan fingerprint density at radius 3 is 2.39 bits per heavy atom. The van der Waals surface area contributed by atoms with Crippen molar-refractivity contribution in [3.05, 3.63) is 46.6 Å². The van der Waals surface area contributed by atoms with Crippen LogP contribution in [0.1, 0.15) is 0 Å². The number of hydrogen-bond acceptors (Lipinski definition) is 6. The van der Waals surface area contributed by atoms with Gasteiger partial charge in [0.1, 0.15) is 4.90 Å². The van der Waals surface area contributed by atoms with E-state index in [-0.39, 0.29) is 16.5 Å². The molecule has 0 aliphatic heterocycles. The maximum Gasteiger partial charge on any atom is 0.340 e. The molecule has 0 bridgehead atoms. The SMILES string of the molecule is O=[N+]([O-])c1ccc(S(=O)(=O)Oc2ccn[nH]2)cc1.